The fraction of sp³-hybridized carbons (Fsp3) is 0. The molecule has 0 heterocycles. The first kappa shape index (κ1) is 15.1. The van der Waals surface area contributed by atoms with Crippen LogP contribution in [0.4, 0.5) is 17.6 Å². The van der Waals surface area contributed by atoms with Gasteiger partial charge in [0, 0.05) is 11.1 Å². The van der Waals surface area contributed by atoms with Gasteiger partial charge in [-0.05, 0) is 36.0 Å². The van der Waals surface area contributed by atoms with Gasteiger partial charge in [0.25, 0.3) is 0 Å². The molecule has 0 saturated heterocycles. The molecule has 2 aromatic rings. The van der Waals surface area contributed by atoms with Gasteiger partial charge in [-0.3, -0.25) is 0 Å². The zero-order valence-electron chi connectivity index (χ0n) is 10.4. The van der Waals surface area contributed by atoms with Crippen LogP contribution >= 0.6 is 11.8 Å². The van der Waals surface area contributed by atoms with Gasteiger partial charge in [-0.15, -0.1) is 0 Å². The van der Waals surface area contributed by atoms with Crippen LogP contribution in [0.2, 0.25) is 0 Å². The molecule has 0 aromatic heterocycles. The van der Waals surface area contributed by atoms with E-state index in [9.17, 15) is 17.6 Å². The monoisotopic (exact) mass is 309 g/mol. The summed E-state index contributed by atoms with van der Waals surface area (Å²) in [6.07, 6.45) is 0. The van der Waals surface area contributed by atoms with E-state index in [0.29, 0.717) is 11.8 Å². The summed E-state index contributed by atoms with van der Waals surface area (Å²) >= 11 is 0.568. The summed E-state index contributed by atoms with van der Waals surface area (Å²) < 4.78 is 54.9. The Balaban J connectivity index is 2.46. The molecule has 0 amide bonds. The van der Waals surface area contributed by atoms with Crippen molar-refractivity contribution in [3.8, 4) is 5.40 Å². The molecule has 2 aromatic carbocycles. The zero-order chi connectivity index (χ0) is 15.4. The van der Waals surface area contributed by atoms with Crippen LogP contribution in [0.15, 0.2) is 47.4 Å². The van der Waals surface area contributed by atoms with E-state index < -0.39 is 28.9 Å². The summed E-state index contributed by atoms with van der Waals surface area (Å²) in [6.45, 7) is 0. The van der Waals surface area contributed by atoms with Crippen molar-refractivity contribution in [2.75, 3.05) is 0 Å². The minimum Gasteiger partial charge on any atom is -0.206 e. The summed E-state index contributed by atoms with van der Waals surface area (Å²) in [7, 11) is 0. The molecule has 1 nitrogen and oxygen atoms in total. The lowest BCUT2D eigenvalue weighted by molar-refractivity contribution is 0.599. The minimum absolute atomic E-state index is 0.000324. The first-order valence-electron chi connectivity index (χ1n) is 5.70. The lowest BCUT2D eigenvalue weighted by Gasteiger charge is -2.05. The third-order valence-electron chi connectivity index (χ3n) is 2.64. The predicted octanol–water partition coefficient (Wildman–Crippen LogP) is 5.30. The molecule has 0 aliphatic rings. The summed E-state index contributed by atoms with van der Waals surface area (Å²) in [5.74, 6) is -4.54. The lowest BCUT2D eigenvalue weighted by atomic mass is 10.1. The fourth-order valence-corrected chi connectivity index (χ4v) is 2.04. The first-order valence-corrected chi connectivity index (χ1v) is 6.52. The van der Waals surface area contributed by atoms with Crippen molar-refractivity contribution in [3.63, 3.8) is 0 Å². The van der Waals surface area contributed by atoms with Crippen LogP contribution in [0.3, 0.4) is 0 Å². The molecule has 0 unspecified atom stereocenters. The Morgan fingerprint density at radius 2 is 1.67 bits per heavy atom. The fourth-order valence-electron chi connectivity index (χ4n) is 1.65. The van der Waals surface area contributed by atoms with Crippen LogP contribution in [0, 0.1) is 22.3 Å². The number of nitriles is 1. The lowest BCUT2D eigenvalue weighted by Crippen LogP contribution is -1.90. The Bertz CT molecular complexity index is 750. The molecule has 0 N–H and O–H groups in total. The summed E-state index contributed by atoms with van der Waals surface area (Å²) in [5, 5.41) is 10.1. The Hall–Kier alpha value is -2.26. The highest BCUT2D eigenvalue weighted by atomic mass is 32.2. The van der Waals surface area contributed by atoms with E-state index in [-0.39, 0.29) is 10.5 Å². The van der Waals surface area contributed by atoms with Crippen LogP contribution in [0.1, 0.15) is 11.1 Å². The maximum Gasteiger partial charge on any atom is 0.169 e. The van der Waals surface area contributed by atoms with Gasteiger partial charge in [0.05, 0.1) is 4.90 Å². The second-order valence-electron chi connectivity index (χ2n) is 3.95. The number of nitrogens with zero attached hydrogens (tertiary/aromatic N) is 1. The number of thioether (sulfide) groups is 1. The normalized spacial score (nSPS) is 11.8. The Labute approximate surface area is 122 Å². The third-order valence-corrected chi connectivity index (χ3v) is 3.29. The van der Waals surface area contributed by atoms with Gasteiger partial charge in [-0.25, -0.2) is 17.6 Å². The number of rotatable bonds is 3. The SMILES string of the molecule is N#CSc1ccc(C(F)=C(F)c2ccccc2F)cc1F. The molecular formula is C15H7F4NS. The number of hydrogen-bond donors (Lipinski definition) is 0. The Kier molecular flexibility index (Phi) is 4.66. The predicted molar refractivity (Wildman–Crippen MR) is 73.3 cm³/mol. The van der Waals surface area contributed by atoms with Crippen LogP contribution in [-0.4, -0.2) is 0 Å². The van der Waals surface area contributed by atoms with Gasteiger partial charge in [-0.1, -0.05) is 18.2 Å². The van der Waals surface area contributed by atoms with E-state index >= 15 is 0 Å². The maximum absolute atomic E-state index is 14.0. The summed E-state index contributed by atoms with van der Waals surface area (Å²) in [5.41, 5.74) is -0.901. The maximum atomic E-state index is 14.0. The molecule has 0 bridgehead atoms. The van der Waals surface area contributed by atoms with Gasteiger partial charge in [0.2, 0.25) is 0 Å². The second-order valence-corrected chi connectivity index (χ2v) is 4.77. The average Bonchev–Trinajstić information content (AvgIpc) is 2.48. The molecule has 0 atom stereocenters. The molecule has 0 fully saturated rings. The van der Waals surface area contributed by atoms with Crippen LogP contribution in [0.5, 0.6) is 0 Å². The van der Waals surface area contributed by atoms with E-state index in [1.165, 1.54) is 12.1 Å². The van der Waals surface area contributed by atoms with Crippen LogP contribution < -0.4 is 0 Å². The van der Waals surface area contributed by atoms with Gasteiger partial charge in [0.15, 0.2) is 11.7 Å². The molecule has 6 heteroatoms. The zero-order valence-corrected chi connectivity index (χ0v) is 11.2. The molecule has 0 radical (unpaired) electrons. The van der Waals surface area contributed by atoms with Crippen molar-refractivity contribution < 1.29 is 17.6 Å². The average molecular weight is 309 g/mol. The molecule has 0 aliphatic carbocycles. The van der Waals surface area contributed by atoms with Crippen molar-refractivity contribution in [2.24, 2.45) is 0 Å². The number of thiocyanates is 1. The molecule has 0 saturated carbocycles. The van der Waals surface area contributed by atoms with E-state index in [1.54, 1.807) is 5.40 Å². The first-order chi connectivity index (χ1) is 10.0. The molecular weight excluding hydrogens is 302 g/mol. The van der Waals surface area contributed by atoms with Crippen LogP contribution in [-0.2, 0) is 0 Å². The van der Waals surface area contributed by atoms with E-state index in [1.807, 2.05) is 0 Å². The van der Waals surface area contributed by atoms with Gasteiger partial charge in [-0.2, -0.15) is 5.26 Å². The summed E-state index contributed by atoms with van der Waals surface area (Å²) in [4.78, 5) is 0.000324. The summed E-state index contributed by atoms with van der Waals surface area (Å²) in [6, 6.07) is 7.83. The van der Waals surface area contributed by atoms with Gasteiger partial charge in [0.1, 0.15) is 17.0 Å². The molecule has 0 spiro atoms. The van der Waals surface area contributed by atoms with Crippen molar-refractivity contribution in [3.05, 3.63) is 65.2 Å². The van der Waals surface area contributed by atoms with Gasteiger partial charge >= 0.3 is 0 Å². The highest BCUT2D eigenvalue weighted by Crippen LogP contribution is 2.32. The molecule has 21 heavy (non-hydrogen) atoms. The largest absolute Gasteiger partial charge is 0.206 e. The van der Waals surface area contributed by atoms with Crippen LogP contribution in [0.25, 0.3) is 11.7 Å². The smallest absolute Gasteiger partial charge is 0.169 e. The minimum atomic E-state index is -1.41. The van der Waals surface area contributed by atoms with E-state index in [2.05, 4.69) is 0 Å². The van der Waals surface area contributed by atoms with Crippen molar-refractivity contribution >= 4 is 23.4 Å². The molecule has 2 rings (SSSR count). The third kappa shape index (κ3) is 3.26. The van der Waals surface area contributed by atoms with Gasteiger partial charge < -0.3 is 0 Å². The molecule has 106 valence electrons. The Morgan fingerprint density at radius 1 is 0.952 bits per heavy atom. The number of hydrogen-bond acceptors (Lipinski definition) is 2. The topological polar surface area (TPSA) is 23.8 Å². The number of halogens is 4. The van der Waals surface area contributed by atoms with Crippen molar-refractivity contribution in [1.29, 1.82) is 5.26 Å². The van der Waals surface area contributed by atoms with Crippen molar-refractivity contribution in [1.82, 2.24) is 0 Å². The Morgan fingerprint density at radius 3 is 2.29 bits per heavy atom. The second kappa shape index (κ2) is 6.46. The number of benzene rings is 2. The quantitative estimate of drug-likeness (QED) is 0.332. The highest BCUT2D eigenvalue weighted by Gasteiger charge is 2.16. The highest BCUT2D eigenvalue weighted by molar-refractivity contribution is 8.03. The van der Waals surface area contributed by atoms with Crippen molar-refractivity contribution in [2.45, 2.75) is 4.90 Å². The van der Waals surface area contributed by atoms with E-state index in [4.69, 9.17) is 5.26 Å². The van der Waals surface area contributed by atoms with E-state index in [0.717, 1.165) is 30.3 Å². The molecule has 0 aliphatic heterocycles. The standard InChI is InChI=1S/C15H7F4NS/c16-11-4-2-1-3-10(11)15(19)14(18)9-5-6-13(21-8-20)12(17)7-9/h1-7H.